The van der Waals surface area contributed by atoms with Crippen LogP contribution in [0.5, 0.6) is 5.75 Å². The zero-order chi connectivity index (χ0) is 9.84. The molecule has 0 saturated carbocycles. The molecule has 0 aliphatic rings. The fourth-order valence-electron chi connectivity index (χ4n) is 1.09. The highest BCUT2D eigenvalue weighted by molar-refractivity contribution is 6.32. The summed E-state index contributed by atoms with van der Waals surface area (Å²) in [5.74, 6) is 0.641. The largest absolute Gasteiger partial charge is 0.495 e. The quantitative estimate of drug-likeness (QED) is 0.736. The van der Waals surface area contributed by atoms with Crippen molar-refractivity contribution in [1.29, 1.82) is 0 Å². The van der Waals surface area contributed by atoms with Gasteiger partial charge >= 0.3 is 0 Å². The van der Waals surface area contributed by atoms with Crippen LogP contribution in [0.4, 0.5) is 5.69 Å². The van der Waals surface area contributed by atoms with Crippen molar-refractivity contribution in [3.8, 4) is 5.75 Å². The summed E-state index contributed by atoms with van der Waals surface area (Å²) < 4.78 is 5.04. The van der Waals surface area contributed by atoms with Crippen LogP contribution in [0.15, 0.2) is 12.1 Å². The molecule has 0 aromatic heterocycles. The molecule has 0 aliphatic carbocycles. The molecule has 0 spiro atoms. The summed E-state index contributed by atoms with van der Waals surface area (Å²) in [6, 6.07) is 3.55. The molecule has 0 saturated heterocycles. The van der Waals surface area contributed by atoms with Crippen molar-refractivity contribution in [2.75, 3.05) is 19.2 Å². The minimum Gasteiger partial charge on any atom is -0.495 e. The van der Waals surface area contributed by atoms with E-state index in [1.165, 1.54) is 0 Å². The smallest absolute Gasteiger partial charge is 0.137 e. The van der Waals surface area contributed by atoms with Crippen LogP contribution in [0.3, 0.4) is 0 Å². The van der Waals surface area contributed by atoms with Gasteiger partial charge in [0.05, 0.1) is 12.1 Å². The molecule has 0 fully saturated rings. The number of anilines is 1. The predicted molar refractivity (Wildman–Crippen MR) is 53.4 cm³/mol. The van der Waals surface area contributed by atoms with E-state index >= 15 is 0 Å². The molecule has 2 N–H and O–H groups in total. The molecule has 1 aromatic carbocycles. The molecule has 0 aliphatic heterocycles. The van der Waals surface area contributed by atoms with E-state index in [2.05, 4.69) is 5.32 Å². The van der Waals surface area contributed by atoms with Gasteiger partial charge in [-0.25, -0.2) is 0 Å². The molecular formula is C9H12ClNO2. The number of halogens is 1. The predicted octanol–water partition coefficient (Wildman–Crippen LogP) is 2.02. The van der Waals surface area contributed by atoms with Crippen molar-refractivity contribution in [3.05, 3.63) is 22.7 Å². The summed E-state index contributed by atoms with van der Waals surface area (Å²) in [5, 5.41) is 12.0. The van der Waals surface area contributed by atoms with Crippen LogP contribution in [0.2, 0.25) is 5.02 Å². The van der Waals surface area contributed by atoms with Crippen molar-refractivity contribution >= 4 is 17.3 Å². The number of nitrogens with one attached hydrogen (secondary N) is 1. The van der Waals surface area contributed by atoms with E-state index in [-0.39, 0.29) is 6.73 Å². The maximum Gasteiger partial charge on any atom is 0.137 e. The first kappa shape index (κ1) is 10.2. The summed E-state index contributed by atoms with van der Waals surface area (Å²) in [6.07, 6.45) is 0. The van der Waals surface area contributed by atoms with Gasteiger partial charge in [-0.15, -0.1) is 0 Å². The fraction of sp³-hybridized carbons (Fsp3) is 0.333. The van der Waals surface area contributed by atoms with Gasteiger partial charge < -0.3 is 15.2 Å². The third-order valence-electron chi connectivity index (χ3n) is 1.77. The monoisotopic (exact) mass is 201 g/mol. The first-order chi connectivity index (χ1) is 6.19. The normalized spacial score (nSPS) is 9.85. The number of ether oxygens (including phenoxy) is 1. The molecule has 0 bridgehead atoms. The summed E-state index contributed by atoms with van der Waals surface area (Å²) >= 11 is 5.89. The van der Waals surface area contributed by atoms with Crippen molar-refractivity contribution in [1.82, 2.24) is 0 Å². The molecule has 0 atom stereocenters. The van der Waals surface area contributed by atoms with Crippen LogP contribution in [0.25, 0.3) is 0 Å². The first-order valence-corrected chi connectivity index (χ1v) is 4.25. The Morgan fingerprint density at radius 1 is 1.54 bits per heavy atom. The van der Waals surface area contributed by atoms with Crippen molar-refractivity contribution in [3.63, 3.8) is 0 Å². The van der Waals surface area contributed by atoms with Crippen LogP contribution in [0, 0.1) is 6.92 Å². The Morgan fingerprint density at radius 3 is 2.77 bits per heavy atom. The van der Waals surface area contributed by atoms with Gasteiger partial charge in [0.2, 0.25) is 0 Å². The molecule has 1 rings (SSSR count). The number of hydrogen-bond donors (Lipinski definition) is 2. The average molecular weight is 202 g/mol. The molecule has 13 heavy (non-hydrogen) atoms. The average Bonchev–Trinajstić information content (AvgIpc) is 2.11. The fourth-order valence-corrected chi connectivity index (χ4v) is 1.33. The summed E-state index contributed by atoms with van der Waals surface area (Å²) in [7, 11) is 1.57. The van der Waals surface area contributed by atoms with E-state index in [1.54, 1.807) is 13.2 Å². The van der Waals surface area contributed by atoms with Gasteiger partial charge in [-0.1, -0.05) is 11.6 Å². The number of aliphatic hydroxyl groups excluding tert-OH is 1. The lowest BCUT2D eigenvalue weighted by Gasteiger charge is -2.10. The molecule has 0 heterocycles. The van der Waals surface area contributed by atoms with Gasteiger partial charge in [-0.3, -0.25) is 0 Å². The first-order valence-electron chi connectivity index (χ1n) is 3.88. The Labute approximate surface area is 82.3 Å². The number of benzene rings is 1. The highest BCUT2D eigenvalue weighted by atomic mass is 35.5. The van der Waals surface area contributed by atoms with E-state index < -0.39 is 0 Å². The van der Waals surface area contributed by atoms with Crippen LogP contribution in [-0.4, -0.2) is 18.9 Å². The Hall–Kier alpha value is -0.930. The van der Waals surface area contributed by atoms with E-state index in [1.807, 2.05) is 13.0 Å². The standard InChI is InChI=1S/C9H12ClNO2/c1-6-3-9(13-2)7(10)4-8(6)11-5-12/h3-4,11-12H,5H2,1-2H3. The summed E-state index contributed by atoms with van der Waals surface area (Å²) in [4.78, 5) is 0. The van der Waals surface area contributed by atoms with Gasteiger partial charge in [0.25, 0.3) is 0 Å². The topological polar surface area (TPSA) is 41.5 Å². The second-order valence-electron chi connectivity index (χ2n) is 2.64. The van der Waals surface area contributed by atoms with E-state index in [0.29, 0.717) is 10.8 Å². The van der Waals surface area contributed by atoms with E-state index in [0.717, 1.165) is 11.3 Å². The SMILES string of the molecule is COc1cc(C)c(NCO)cc1Cl. The molecule has 0 radical (unpaired) electrons. The zero-order valence-electron chi connectivity index (χ0n) is 7.60. The third-order valence-corrected chi connectivity index (χ3v) is 2.06. The van der Waals surface area contributed by atoms with Gasteiger partial charge in [-0.2, -0.15) is 0 Å². The second kappa shape index (κ2) is 4.35. The summed E-state index contributed by atoms with van der Waals surface area (Å²) in [6.45, 7) is 1.81. The number of aliphatic hydroxyl groups is 1. The molecule has 0 unspecified atom stereocenters. The summed E-state index contributed by atoms with van der Waals surface area (Å²) in [5.41, 5.74) is 1.80. The van der Waals surface area contributed by atoms with Gasteiger partial charge in [0.1, 0.15) is 12.5 Å². The van der Waals surface area contributed by atoms with E-state index in [9.17, 15) is 0 Å². The maximum absolute atomic E-state index is 8.68. The second-order valence-corrected chi connectivity index (χ2v) is 3.04. The van der Waals surface area contributed by atoms with Gasteiger partial charge in [0.15, 0.2) is 0 Å². The lowest BCUT2D eigenvalue weighted by atomic mass is 10.2. The Kier molecular flexibility index (Phi) is 3.39. The minimum absolute atomic E-state index is 0.108. The van der Waals surface area contributed by atoms with E-state index in [4.69, 9.17) is 21.4 Å². The molecule has 0 amide bonds. The van der Waals surface area contributed by atoms with Crippen molar-refractivity contribution in [2.24, 2.45) is 0 Å². The Balaban J connectivity index is 3.05. The van der Waals surface area contributed by atoms with Crippen LogP contribution in [0.1, 0.15) is 5.56 Å². The number of hydrogen-bond acceptors (Lipinski definition) is 3. The van der Waals surface area contributed by atoms with Crippen LogP contribution in [-0.2, 0) is 0 Å². The highest BCUT2D eigenvalue weighted by Gasteiger charge is 2.04. The van der Waals surface area contributed by atoms with Crippen LogP contribution >= 0.6 is 11.6 Å². The molecular weight excluding hydrogens is 190 g/mol. The zero-order valence-corrected chi connectivity index (χ0v) is 8.35. The lowest BCUT2D eigenvalue weighted by molar-refractivity contribution is 0.325. The Morgan fingerprint density at radius 2 is 2.23 bits per heavy atom. The number of methoxy groups -OCH3 is 1. The lowest BCUT2D eigenvalue weighted by Crippen LogP contribution is -2.01. The highest BCUT2D eigenvalue weighted by Crippen LogP contribution is 2.30. The van der Waals surface area contributed by atoms with Gasteiger partial charge in [0, 0.05) is 5.69 Å². The maximum atomic E-state index is 8.68. The van der Waals surface area contributed by atoms with Crippen LogP contribution < -0.4 is 10.1 Å². The molecule has 3 nitrogen and oxygen atoms in total. The minimum atomic E-state index is -0.108. The third kappa shape index (κ3) is 2.26. The number of aryl methyl sites for hydroxylation is 1. The Bertz CT molecular complexity index is 302. The van der Waals surface area contributed by atoms with Crippen molar-refractivity contribution < 1.29 is 9.84 Å². The van der Waals surface area contributed by atoms with Crippen molar-refractivity contribution in [2.45, 2.75) is 6.92 Å². The molecule has 1 aromatic rings. The van der Waals surface area contributed by atoms with Gasteiger partial charge in [-0.05, 0) is 24.6 Å². The number of rotatable bonds is 3. The molecule has 72 valence electrons. The molecule has 4 heteroatoms.